The number of alkyl carbamates (subject to hydrolysis) is 1. The molecule has 0 aliphatic rings. The Morgan fingerprint density at radius 1 is 0.750 bits per heavy atom. The molecule has 0 unspecified atom stereocenters. The summed E-state index contributed by atoms with van der Waals surface area (Å²) >= 11 is 0. The number of carbonyl (C=O) groups excluding carboxylic acids is 3. The van der Waals surface area contributed by atoms with Gasteiger partial charge in [0.15, 0.2) is 0 Å². The van der Waals surface area contributed by atoms with E-state index < -0.39 is 18.1 Å². The number of hydrogen-bond acceptors (Lipinski definition) is 8. The van der Waals surface area contributed by atoms with E-state index in [9.17, 15) is 14.4 Å². The Labute approximate surface area is 233 Å². The van der Waals surface area contributed by atoms with Crippen molar-refractivity contribution in [3.63, 3.8) is 0 Å². The lowest BCUT2D eigenvalue weighted by Crippen LogP contribution is -2.42. The monoisotopic (exact) mass is 550 g/mol. The molecule has 10 nitrogen and oxygen atoms in total. The Balaban J connectivity index is 1.60. The lowest BCUT2D eigenvalue weighted by atomic mass is 10.1. The molecule has 40 heavy (non-hydrogen) atoms. The first-order valence-corrected chi connectivity index (χ1v) is 12.7. The van der Waals surface area contributed by atoms with Crippen molar-refractivity contribution in [2.45, 2.75) is 38.6 Å². The van der Waals surface area contributed by atoms with Gasteiger partial charge in [0.05, 0.1) is 33.4 Å². The smallest absolute Gasteiger partial charge is 0.408 e. The first-order chi connectivity index (χ1) is 19.4. The molecule has 0 saturated carbocycles. The van der Waals surface area contributed by atoms with Crippen LogP contribution in [0, 0.1) is 0 Å². The number of benzene rings is 3. The highest BCUT2D eigenvalue weighted by Crippen LogP contribution is 2.33. The number of rotatable bonds is 14. The minimum atomic E-state index is -1.09. The number of nitrogens with one attached hydrogen (secondary N) is 2. The zero-order valence-corrected chi connectivity index (χ0v) is 22.8. The minimum Gasteiger partial charge on any atom is -0.496 e. The molecule has 0 heterocycles. The molecule has 2 amide bonds. The molecule has 2 N–H and O–H groups in total. The first kappa shape index (κ1) is 29.8. The van der Waals surface area contributed by atoms with Gasteiger partial charge in [-0.25, -0.2) is 9.59 Å². The highest BCUT2D eigenvalue weighted by atomic mass is 16.6. The summed E-state index contributed by atoms with van der Waals surface area (Å²) in [7, 11) is 4.55. The molecule has 10 heteroatoms. The third kappa shape index (κ3) is 9.23. The summed E-state index contributed by atoms with van der Waals surface area (Å²) in [5, 5.41) is 5.33. The molecule has 3 aromatic carbocycles. The Kier molecular flexibility index (Phi) is 11.6. The molecular weight excluding hydrogens is 516 g/mol. The molecule has 3 aromatic rings. The number of ether oxygens (including phenoxy) is 5. The van der Waals surface area contributed by atoms with E-state index in [1.807, 2.05) is 60.7 Å². The highest BCUT2D eigenvalue weighted by Gasteiger charge is 2.24. The normalized spacial score (nSPS) is 11.1. The lowest BCUT2D eigenvalue weighted by Gasteiger charge is -2.18. The van der Waals surface area contributed by atoms with Gasteiger partial charge in [0.1, 0.15) is 36.5 Å². The molecule has 3 rings (SSSR count). The molecule has 0 spiro atoms. The molecule has 0 aromatic heterocycles. The molecule has 0 aliphatic carbocycles. The fraction of sp³-hybridized carbons (Fsp3) is 0.300. The number of amides is 2. The van der Waals surface area contributed by atoms with Crippen LogP contribution in [0.15, 0.2) is 72.8 Å². The predicted molar refractivity (Wildman–Crippen MR) is 147 cm³/mol. The number of methoxy groups -OCH3 is 3. The summed E-state index contributed by atoms with van der Waals surface area (Å²) in [6.45, 7) is 0.176. The van der Waals surface area contributed by atoms with Crippen LogP contribution in [0.1, 0.15) is 29.5 Å². The van der Waals surface area contributed by atoms with E-state index in [1.165, 1.54) is 21.3 Å². The fourth-order valence-electron chi connectivity index (χ4n) is 3.79. The van der Waals surface area contributed by atoms with E-state index in [2.05, 4.69) is 10.6 Å². The van der Waals surface area contributed by atoms with Crippen LogP contribution in [-0.4, -0.2) is 45.3 Å². The van der Waals surface area contributed by atoms with Gasteiger partial charge in [0.2, 0.25) is 5.91 Å². The Morgan fingerprint density at radius 3 is 1.82 bits per heavy atom. The van der Waals surface area contributed by atoms with Gasteiger partial charge >= 0.3 is 12.1 Å². The van der Waals surface area contributed by atoms with E-state index in [-0.39, 0.29) is 38.5 Å². The van der Waals surface area contributed by atoms with Crippen molar-refractivity contribution in [2.75, 3.05) is 21.3 Å². The molecule has 0 radical (unpaired) electrons. The van der Waals surface area contributed by atoms with Crippen molar-refractivity contribution in [2.24, 2.45) is 0 Å². The summed E-state index contributed by atoms with van der Waals surface area (Å²) in [4.78, 5) is 38.1. The average Bonchev–Trinajstić information content (AvgIpc) is 3.00. The van der Waals surface area contributed by atoms with E-state index in [4.69, 9.17) is 23.7 Å². The third-order valence-electron chi connectivity index (χ3n) is 5.95. The second kappa shape index (κ2) is 15.6. The Bertz CT molecular complexity index is 1230. The second-order valence-electron chi connectivity index (χ2n) is 8.68. The predicted octanol–water partition coefficient (Wildman–Crippen LogP) is 4.15. The van der Waals surface area contributed by atoms with Crippen LogP contribution in [0.2, 0.25) is 0 Å². The Morgan fingerprint density at radius 2 is 1.30 bits per heavy atom. The Hall–Kier alpha value is -4.73. The van der Waals surface area contributed by atoms with Gasteiger partial charge in [-0.2, -0.15) is 0 Å². The van der Waals surface area contributed by atoms with Crippen molar-refractivity contribution in [1.82, 2.24) is 10.6 Å². The largest absolute Gasteiger partial charge is 0.496 e. The molecule has 212 valence electrons. The van der Waals surface area contributed by atoms with Crippen LogP contribution in [0.4, 0.5) is 4.79 Å². The van der Waals surface area contributed by atoms with Gasteiger partial charge in [-0.1, -0.05) is 60.7 Å². The second-order valence-corrected chi connectivity index (χ2v) is 8.68. The van der Waals surface area contributed by atoms with Gasteiger partial charge in [-0.05, 0) is 17.5 Å². The van der Waals surface area contributed by atoms with Crippen LogP contribution >= 0.6 is 0 Å². The summed E-state index contributed by atoms with van der Waals surface area (Å²) in [5.41, 5.74) is 2.21. The van der Waals surface area contributed by atoms with Crippen molar-refractivity contribution >= 4 is 18.0 Å². The van der Waals surface area contributed by atoms with E-state index in [0.717, 1.165) is 11.1 Å². The zero-order chi connectivity index (χ0) is 28.7. The van der Waals surface area contributed by atoms with Gasteiger partial charge in [-0.3, -0.25) is 4.79 Å². The fourth-order valence-corrected chi connectivity index (χ4v) is 3.79. The average molecular weight is 551 g/mol. The summed E-state index contributed by atoms with van der Waals surface area (Å²) in [6, 6.07) is 20.6. The molecular formula is C30H34N2O8. The minimum absolute atomic E-state index is 0.00320. The standard InChI is InChI=1S/C30H34N2O8/c1-36-23-16-26(37-2)24(27(17-23)38-3)18-31-28(33)15-14-25(29(34)39-19-21-10-6-4-7-11-21)32-30(35)40-20-22-12-8-5-9-13-22/h4-13,16-17,25H,14-15,18-20H2,1-3H3,(H,31,33)(H,32,35)/t25-/m0/s1. The molecule has 0 fully saturated rings. The molecule has 0 saturated heterocycles. The van der Waals surface area contributed by atoms with Crippen molar-refractivity contribution in [3.8, 4) is 17.2 Å². The lowest BCUT2D eigenvalue weighted by molar-refractivity contribution is -0.147. The molecule has 0 aliphatic heterocycles. The number of esters is 1. The summed E-state index contributed by atoms with van der Waals surface area (Å²) < 4.78 is 26.8. The maximum absolute atomic E-state index is 12.9. The van der Waals surface area contributed by atoms with Crippen molar-refractivity contribution in [3.05, 3.63) is 89.5 Å². The highest BCUT2D eigenvalue weighted by molar-refractivity contribution is 5.83. The van der Waals surface area contributed by atoms with Crippen LogP contribution in [0.5, 0.6) is 17.2 Å². The summed E-state index contributed by atoms with van der Waals surface area (Å²) in [5.74, 6) is 0.501. The van der Waals surface area contributed by atoms with Crippen molar-refractivity contribution < 1.29 is 38.1 Å². The summed E-state index contributed by atoms with van der Waals surface area (Å²) in [6.07, 6.45) is -0.861. The van der Waals surface area contributed by atoms with E-state index in [0.29, 0.717) is 22.8 Å². The van der Waals surface area contributed by atoms with Gasteiger partial charge in [0, 0.05) is 18.6 Å². The first-order valence-electron chi connectivity index (χ1n) is 12.7. The maximum Gasteiger partial charge on any atom is 0.408 e. The van der Waals surface area contributed by atoms with E-state index in [1.54, 1.807) is 12.1 Å². The topological polar surface area (TPSA) is 121 Å². The van der Waals surface area contributed by atoms with Crippen LogP contribution in [0.25, 0.3) is 0 Å². The SMILES string of the molecule is COc1cc(OC)c(CNC(=O)CC[C@H](NC(=O)OCc2ccccc2)C(=O)OCc2ccccc2)c(OC)c1. The van der Waals surface area contributed by atoms with Gasteiger partial charge < -0.3 is 34.3 Å². The maximum atomic E-state index is 12.9. The van der Waals surface area contributed by atoms with E-state index >= 15 is 0 Å². The number of hydrogen-bond donors (Lipinski definition) is 2. The zero-order valence-electron chi connectivity index (χ0n) is 22.8. The molecule has 0 bridgehead atoms. The quantitative estimate of drug-likeness (QED) is 0.287. The van der Waals surface area contributed by atoms with Gasteiger partial charge in [0.25, 0.3) is 0 Å². The van der Waals surface area contributed by atoms with Crippen molar-refractivity contribution in [1.29, 1.82) is 0 Å². The molecule has 1 atom stereocenters. The van der Waals surface area contributed by atoms with Crippen LogP contribution in [0.3, 0.4) is 0 Å². The number of carbonyl (C=O) groups is 3. The van der Waals surface area contributed by atoms with Crippen LogP contribution < -0.4 is 24.8 Å². The van der Waals surface area contributed by atoms with Gasteiger partial charge in [-0.15, -0.1) is 0 Å². The third-order valence-corrected chi connectivity index (χ3v) is 5.95. The van der Waals surface area contributed by atoms with Crippen LogP contribution in [-0.2, 0) is 38.8 Å².